The first-order valence-corrected chi connectivity index (χ1v) is 8.93. The molecule has 5 nitrogen and oxygen atoms in total. The quantitative estimate of drug-likeness (QED) is 0.633. The molecule has 1 saturated heterocycles. The molecule has 0 aromatic carbocycles. The second-order valence-corrected chi connectivity index (χ2v) is 7.58. The van der Waals surface area contributed by atoms with E-state index in [0.29, 0.717) is 24.8 Å². The monoisotopic (exact) mass is 316 g/mol. The lowest BCUT2D eigenvalue weighted by Crippen LogP contribution is -2.41. The summed E-state index contributed by atoms with van der Waals surface area (Å²) in [4.78, 5) is 38.2. The number of nitrogens with zero attached hydrogens (tertiary/aromatic N) is 1. The predicted molar refractivity (Wildman–Crippen MR) is 84.1 cm³/mol. The van der Waals surface area contributed by atoms with Gasteiger partial charge in [-0.05, 0) is 43.9 Å². The lowest BCUT2D eigenvalue weighted by Gasteiger charge is -2.23. The zero-order valence-corrected chi connectivity index (χ0v) is 13.4. The van der Waals surface area contributed by atoms with E-state index >= 15 is 0 Å². The summed E-state index contributed by atoms with van der Waals surface area (Å²) in [5.74, 6) is 0.864. The fourth-order valence-corrected chi connectivity index (χ4v) is 5.00. The Morgan fingerprint density at radius 2 is 1.78 bits per heavy atom. The number of allylic oxidation sites excluding steroid dienone is 2. The summed E-state index contributed by atoms with van der Waals surface area (Å²) in [5, 5.41) is 3.13. The molecule has 5 atom stereocenters. The summed E-state index contributed by atoms with van der Waals surface area (Å²) in [6, 6.07) is 0.318. The van der Waals surface area contributed by atoms with Crippen molar-refractivity contribution in [3.8, 4) is 0 Å². The van der Waals surface area contributed by atoms with Crippen LogP contribution in [0, 0.1) is 23.7 Å². The van der Waals surface area contributed by atoms with Gasteiger partial charge in [-0.15, -0.1) is 0 Å². The van der Waals surface area contributed by atoms with Crippen molar-refractivity contribution in [3.05, 3.63) is 12.2 Å². The highest BCUT2D eigenvalue weighted by Crippen LogP contribution is 2.44. The Labute approximate surface area is 136 Å². The highest BCUT2D eigenvalue weighted by atomic mass is 16.2. The maximum absolute atomic E-state index is 12.4. The summed E-state index contributed by atoms with van der Waals surface area (Å²) in [5.41, 5.74) is 0. The second-order valence-electron chi connectivity index (χ2n) is 7.58. The third-order valence-corrected chi connectivity index (χ3v) is 6.25. The lowest BCUT2D eigenvalue weighted by molar-refractivity contribution is -0.140. The van der Waals surface area contributed by atoms with Crippen molar-refractivity contribution < 1.29 is 14.4 Å². The highest BCUT2D eigenvalue weighted by Gasteiger charge is 2.47. The summed E-state index contributed by atoms with van der Waals surface area (Å²) in [6.45, 7) is 0.233. The SMILES string of the molecule is O=C(CCN1C(=O)[C@@H]2CC=CC[C@H]2C1=O)N[C@H]1C[C@H]2CC[C@H]1C2. The summed E-state index contributed by atoms with van der Waals surface area (Å²) >= 11 is 0. The first-order valence-electron chi connectivity index (χ1n) is 8.93. The minimum Gasteiger partial charge on any atom is -0.353 e. The number of likely N-dealkylation sites (tertiary alicyclic amines) is 1. The van der Waals surface area contributed by atoms with Gasteiger partial charge in [-0.1, -0.05) is 18.6 Å². The molecule has 3 fully saturated rings. The van der Waals surface area contributed by atoms with Gasteiger partial charge in [0.15, 0.2) is 0 Å². The van der Waals surface area contributed by atoms with E-state index in [9.17, 15) is 14.4 Å². The van der Waals surface area contributed by atoms with Crippen LogP contribution in [0.2, 0.25) is 0 Å². The normalized spacial score (nSPS) is 38.3. The first kappa shape index (κ1) is 14.9. The molecule has 4 aliphatic rings. The van der Waals surface area contributed by atoms with Gasteiger partial charge in [0, 0.05) is 19.0 Å². The third kappa shape index (κ3) is 2.60. The van der Waals surface area contributed by atoms with Gasteiger partial charge in [-0.2, -0.15) is 0 Å². The molecule has 124 valence electrons. The molecule has 0 unspecified atom stereocenters. The van der Waals surface area contributed by atoms with E-state index in [1.165, 1.54) is 24.2 Å². The number of carbonyl (C=O) groups is 3. The van der Waals surface area contributed by atoms with Crippen LogP contribution in [0.3, 0.4) is 0 Å². The van der Waals surface area contributed by atoms with Crippen LogP contribution in [0.1, 0.15) is 44.9 Å². The van der Waals surface area contributed by atoms with Gasteiger partial charge < -0.3 is 5.32 Å². The molecule has 0 aromatic heterocycles. The van der Waals surface area contributed by atoms with Crippen molar-refractivity contribution >= 4 is 17.7 Å². The van der Waals surface area contributed by atoms with Crippen LogP contribution in [0.25, 0.3) is 0 Å². The Hall–Kier alpha value is -1.65. The summed E-state index contributed by atoms with van der Waals surface area (Å²) in [7, 11) is 0. The van der Waals surface area contributed by atoms with Crippen molar-refractivity contribution in [3.63, 3.8) is 0 Å². The van der Waals surface area contributed by atoms with Crippen LogP contribution < -0.4 is 5.32 Å². The van der Waals surface area contributed by atoms with Crippen molar-refractivity contribution in [2.45, 2.75) is 51.0 Å². The minimum absolute atomic E-state index is 0.0175. The van der Waals surface area contributed by atoms with E-state index in [4.69, 9.17) is 0 Å². The number of rotatable bonds is 4. The molecule has 1 N–H and O–H groups in total. The molecule has 3 aliphatic carbocycles. The maximum atomic E-state index is 12.4. The molecular weight excluding hydrogens is 292 g/mol. The fraction of sp³-hybridized carbons (Fsp3) is 0.722. The topological polar surface area (TPSA) is 66.5 Å². The Bertz CT molecular complexity index is 545. The molecule has 1 heterocycles. The van der Waals surface area contributed by atoms with E-state index in [1.54, 1.807) is 0 Å². The Balaban J connectivity index is 1.30. The van der Waals surface area contributed by atoms with E-state index in [1.807, 2.05) is 12.2 Å². The largest absolute Gasteiger partial charge is 0.353 e. The predicted octanol–water partition coefficient (Wildman–Crippen LogP) is 1.63. The van der Waals surface area contributed by atoms with E-state index in [-0.39, 0.29) is 42.5 Å². The van der Waals surface area contributed by atoms with Gasteiger partial charge in [0.25, 0.3) is 0 Å². The zero-order valence-electron chi connectivity index (χ0n) is 13.4. The smallest absolute Gasteiger partial charge is 0.233 e. The average Bonchev–Trinajstić information content (AvgIpc) is 3.22. The highest BCUT2D eigenvalue weighted by molar-refractivity contribution is 6.05. The Morgan fingerprint density at radius 1 is 1.09 bits per heavy atom. The molecule has 2 bridgehead atoms. The van der Waals surface area contributed by atoms with Crippen LogP contribution in [0.5, 0.6) is 0 Å². The van der Waals surface area contributed by atoms with E-state index in [2.05, 4.69) is 5.32 Å². The van der Waals surface area contributed by atoms with Gasteiger partial charge in [0.05, 0.1) is 11.8 Å². The lowest BCUT2D eigenvalue weighted by atomic mass is 9.85. The van der Waals surface area contributed by atoms with Gasteiger partial charge in [-0.3, -0.25) is 19.3 Å². The van der Waals surface area contributed by atoms with Crippen molar-refractivity contribution in [1.29, 1.82) is 0 Å². The van der Waals surface area contributed by atoms with Gasteiger partial charge in [0.1, 0.15) is 0 Å². The van der Waals surface area contributed by atoms with Crippen molar-refractivity contribution in [2.75, 3.05) is 6.54 Å². The van der Waals surface area contributed by atoms with Gasteiger partial charge in [0.2, 0.25) is 17.7 Å². The van der Waals surface area contributed by atoms with Crippen molar-refractivity contribution in [2.24, 2.45) is 23.7 Å². The molecular formula is C18H24N2O3. The molecule has 4 rings (SSSR count). The maximum Gasteiger partial charge on any atom is 0.233 e. The van der Waals surface area contributed by atoms with Crippen LogP contribution in [-0.4, -0.2) is 35.2 Å². The number of amides is 3. The average molecular weight is 316 g/mol. The standard InChI is InChI=1S/C18H24N2O3/c21-16(19-15-10-11-5-6-12(15)9-11)7-8-20-17(22)13-3-1-2-4-14(13)18(20)23/h1-2,11-15H,3-10H2,(H,19,21)/t11-,12-,13+,14+,15-/m0/s1. The van der Waals surface area contributed by atoms with Crippen LogP contribution in [0.4, 0.5) is 0 Å². The summed E-state index contributed by atoms with van der Waals surface area (Å²) < 4.78 is 0. The number of hydrogen-bond acceptors (Lipinski definition) is 3. The third-order valence-electron chi connectivity index (χ3n) is 6.25. The zero-order chi connectivity index (χ0) is 16.0. The molecule has 3 amide bonds. The first-order chi connectivity index (χ1) is 11.1. The van der Waals surface area contributed by atoms with E-state index < -0.39 is 0 Å². The minimum atomic E-state index is -0.193. The number of fused-ring (bicyclic) bond motifs is 3. The number of carbonyl (C=O) groups excluding carboxylic acids is 3. The molecule has 0 aromatic rings. The molecule has 0 radical (unpaired) electrons. The van der Waals surface area contributed by atoms with Crippen LogP contribution in [-0.2, 0) is 14.4 Å². The van der Waals surface area contributed by atoms with E-state index in [0.717, 1.165) is 12.3 Å². The molecule has 5 heteroatoms. The van der Waals surface area contributed by atoms with Crippen molar-refractivity contribution in [1.82, 2.24) is 10.2 Å². The summed E-state index contributed by atoms with van der Waals surface area (Å²) in [6.07, 6.45) is 10.4. The molecule has 2 saturated carbocycles. The molecule has 23 heavy (non-hydrogen) atoms. The number of imide groups is 1. The van der Waals surface area contributed by atoms with Crippen LogP contribution in [0.15, 0.2) is 12.2 Å². The number of hydrogen-bond donors (Lipinski definition) is 1. The van der Waals surface area contributed by atoms with Gasteiger partial charge >= 0.3 is 0 Å². The molecule has 1 aliphatic heterocycles. The van der Waals surface area contributed by atoms with Gasteiger partial charge in [-0.25, -0.2) is 0 Å². The number of nitrogens with one attached hydrogen (secondary N) is 1. The Kier molecular flexibility index (Phi) is 3.74. The Morgan fingerprint density at radius 3 is 2.35 bits per heavy atom. The fourth-order valence-electron chi connectivity index (χ4n) is 5.00. The second kappa shape index (κ2) is 5.77. The molecule has 0 spiro atoms. The van der Waals surface area contributed by atoms with Crippen LogP contribution >= 0.6 is 0 Å².